The molecule has 1 N–H and O–H groups in total. The summed E-state index contributed by atoms with van der Waals surface area (Å²) in [6, 6.07) is 2.06. The summed E-state index contributed by atoms with van der Waals surface area (Å²) in [4.78, 5) is 1.33. The van der Waals surface area contributed by atoms with Crippen molar-refractivity contribution in [2.75, 3.05) is 19.1 Å². The molecule has 0 radical (unpaired) electrons. The maximum atomic E-state index is 12.8. The topological polar surface area (TPSA) is 49.4 Å². The molecule has 21 heavy (non-hydrogen) atoms. The Morgan fingerprint density at radius 3 is 2.62 bits per heavy atom. The number of sulfonamides is 1. The Kier molecular flexibility index (Phi) is 7.70. The number of nitrogens with zero attached hydrogens (tertiary/aromatic N) is 1. The van der Waals surface area contributed by atoms with E-state index in [9.17, 15) is 8.42 Å². The molecule has 0 fully saturated rings. The lowest BCUT2D eigenvalue weighted by atomic mass is 10.3. The van der Waals surface area contributed by atoms with Crippen LogP contribution in [0.1, 0.15) is 32.1 Å². The molecule has 4 nitrogen and oxygen atoms in total. The molecule has 1 atom stereocenters. The third-order valence-electron chi connectivity index (χ3n) is 3.39. The fourth-order valence-electron chi connectivity index (χ4n) is 1.85. The molecule has 1 unspecified atom stereocenters. The summed E-state index contributed by atoms with van der Waals surface area (Å²) in [7, 11) is -1.73. The third kappa shape index (κ3) is 5.25. The Balaban J connectivity index is 2.89. The van der Waals surface area contributed by atoms with Crippen molar-refractivity contribution in [1.82, 2.24) is 9.62 Å². The lowest BCUT2D eigenvalue weighted by molar-refractivity contribution is 0.382. The number of hydrogen-bond acceptors (Lipinski definition) is 5. The molecule has 0 aromatic carbocycles. The van der Waals surface area contributed by atoms with E-state index in [0.717, 1.165) is 17.1 Å². The van der Waals surface area contributed by atoms with E-state index in [0.29, 0.717) is 17.5 Å². The van der Waals surface area contributed by atoms with Crippen LogP contribution in [-0.4, -0.2) is 43.9 Å². The van der Waals surface area contributed by atoms with Crippen LogP contribution in [0.3, 0.4) is 0 Å². The Bertz CT molecular complexity index is 526. The van der Waals surface area contributed by atoms with Crippen molar-refractivity contribution in [2.24, 2.45) is 0 Å². The van der Waals surface area contributed by atoms with Gasteiger partial charge in [-0.1, -0.05) is 13.8 Å². The summed E-state index contributed by atoms with van der Waals surface area (Å²) in [5, 5.41) is 5.14. The minimum atomic E-state index is -3.41. The molecule has 1 aromatic heterocycles. The van der Waals surface area contributed by atoms with Gasteiger partial charge in [0.15, 0.2) is 0 Å². The van der Waals surface area contributed by atoms with Crippen LogP contribution in [0.5, 0.6) is 0 Å². The van der Waals surface area contributed by atoms with E-state index in [1.165, 1.54) is 15.6 Å². The van der Waals surface area contributed by atoms with Gasteiger partial charge in [0.1, 0.15) is 0 Å². The number of nitrogens with one attached hydrogen (secondary N) is 1. The van der Waals surface area contributed by atoms with E-state index >= 15 is 0 Å². The summed E-state index contributed by atoms with van der Waals surface area (Å²) >= 11 is 3.23. The summed E-state index contributed by atoms with van der Waals surface area (Å²) < 4.78 is 27.0. The SMILES string of the molecule is CSCCC(C)N(C)S(=O)(=O)c1ccsc1CNC(C)C. The standard InChI is InChI=1S/C14H26N2O2S3/c1-11(2)15-10-13-14(7-9-20-13)21(17,18)16(4)12(3)6-8-19-5/h7,9,11-12,15H,6,8,10H2,1-5H3. The maximum Gasteiger partial charge on any atom is 0.244 e. The van der Waals surface area contributed by atoms with Gasteiger partial charge in [0.2, 0.25) is 10.0 Å². The highest BCUT2D eigenvalue weighted by atomic mass is 32.2. The van der Waals surface area contributed by atoms with E-state index in [1.54, 1.807) is 24.9 Å². The van der Waals surface area contributed by atoms with E-state index < -0.39 is 10.0 Å². The van der Waals surface area contributed by atoms with Crippen molar-refractivity contribution < 1.29 is 8.42 Å². The summed E-state index contributed by atoms with van der Waals surface area (Å²) in [5.74, 6) is 0.965. The monoisotopic (exact) mass is 350 g/mol. The Morgan fingerprint density at radius 1 is 1.38 bits per heavy atom. The van der Waals surface area contributed by atoms with Crippen LogP contribution in [-0.2, 0) is 16.6 Å². The molecule has 7 heteroatoms. The molecule has 0 aliphatic carbocycles. The molecular formula is C14H26N2O2S3. The van der Waals surface area contributed by atoms with Crippen LogP contribution in [0, 0.1) is 0 Å². The van der Waals surface area contributed by atoms with E-state index in [4.69, 9.17) is 0 Å². The lowest BCUT2D eigenvalue weighted by Crippen LogP contribution is -2.36. The normalized spacial score (nSPS) is 14.0. The minimum absolute atomic E-state index is 0.00765. The lowest BCUT2D eigenvalue weighted by Gasteiger charge is -2.24. The zero-order chi connectivity index (χ0) is 16.0. The van der Waals surface area contributed by atoms with Crippen molar-refractivity contribution in [2.45, 2.75) is 50.7 Å². The average Bonchev–Trinajstić information content (AvgIpc) is 2.90. The van der Waals surface area contributed by atoms with Crippen LogP contribution < -0.4 is 5.32 Å². The average molecular weight is 351 g/mol. The first-order valence-electron chi connectivity index (χ1n) is 7.07. The van der Waals surface area contributed by atoms with Gasteiger partial charge in [-0.2, -0.15) is 16.1 Å². The van der Waals surface area contributed by atoms with Crippen molar-refractivity contribution in [3.8, 4) is 0 Å². The van der Waals surface area contributed by atoms with Gasteiger partial charge in [-0.05, 0) is 36.8 Å². The molecule has 0 spiro atoms. The van der Waals surface area contributed by atoms with Gasteiger partial charge in [0.05, 0.1) is 4.90 Å². The van der Waals surface area contributed by atoms with Crippen molar-refractivity contribution in [1.29, 1.82) is 0 Å². The second kappa shape index (κ2) is 8.53. The fraction of sp³-hybridized carbons (Fsp3) is 0.714. The summed E-state index contributed by atoms with van der Waals surface area (Å²) in [6.45, 7) is 6.67. The number of hydrogen-bond donors (Lipinski definition) is 1. The molecule has 0 bridgehead atoms. The Labute approximate surface area is 137 Å². The second-order valence-corrected chi connectivity index (χ2v) is 9.35. The molecule has 122 valence electrons. The highest BCUT2D eigenvalue weighted by Crippen LogP contribution is 2.26. The van der Waals surface area contributed by atoms with E-state index in [2.05, 4.69) is 19.2 Å². The van der Waals surface area contributed by atoms with Crippen molar-refractivity contribution >= 4 is 33.1 Å². The van der Waals surface area contributed by atoms with Crippen molar-refractivity contribution in [3.05, 3.63) is 16.3 Å². The Hall–Kier alpha value is -0.0800. The van der Waals surface area contributed by atoms with Gasteiger partial charge in [0, 0.05) is 30.6 Å². The van der Waals surface area contributed by atoms with Crippen LogP contribution in [0.15, 0.2) is 16.3 Å². The summed E-state index contributed by atoms with van der Waals surface area (Å²) in [6.07, 6.45) is 2.90. The van der Waals surface area contributed by atoms with Crippen LogP contribution in [0.4, 0.5) is 0 Å². The summed E-state index contributed by atoms with van der Waals surface area (Å²) in [5.41, 5.74) is 0. The molecule has 0 amide bonds. The molecule has 0 saturated carbocycles. The quantitative estimate of drug-likeness (QED) is 0.744. The van der Waals surface area contributed by atoms with Gasteiger partial charge in [0.25, 0.3) is 0 Å². The second-order valence-electron chi connectivity index (χ2n) is 5.40. The van der Waals surface area contributed by atoms with Gasteiger partial charge in [-0.25, -0.2) is 8.42 Å². The zero-order valence-corrected chi connectivity index (χ0v) is 15.9. The minimum Gasteiger partial charge on any atom is -0.310 e. The van der Waals surface area contributed by atoms with E-state index in [1.807, 2.05) is 18.6 Å². The number of rotatable bonds is 9. The smallest absolute Gasteiger partial charge is 0.244 e. The molecule has 0 aliphatic heterocycles. The van der Waals surface area contributed by atoms with Crippen LogP contribution >= 0.6 is 23.1 Å². The highest BCUT2D eigenvalue weighted by molar-refractivity contribution is 7.98. The molecule has 1 rings (SSSR count). The van der Waals surface area contributed by atoms with Gasteiger partial charge in [-0.3, -0.25) is 0 Å². The molecule has 0 saturated heterocycles. The predicted octanol–water partition coefficient (Wildman–Crippen LogP) is 3.01. The van der Waals surface area contributed by atoms with Crippen molar-refractivity contribution in [3.63, 3.8) is 0 Å². The predicted molar refractivity (Wildman–Crippen MR) is 93.7 cm³/mol. The molecular weight excluding hydrogens is 324 g/mol. The van der Waals surface area contributed by atoms with Gasteiger partial charge in [-0.15, -0.1) is 11.3 Å². The molecule has 0 aliphatic rings. The molecule has 1 aromatic rings. The van der Waals surface area contributed by atoms with Crippen LogP contribution in [0.2, 0.25) is 0 Å². The highest BCUT2D eigenvalue weighted by Gasteiger charge is 2.28. The number of thiophene rings is 1. The van der Waals surface area contributed by atoms with Gasteiger partial charge >= 0.3 is 0 Å². The fourth-order valence-corrected chi connectivity index (χ4v) is 5.18. The number of thioether (sulfide) groups is 1. The zero-order valence-electron chi connectivity index (χ0n) is 13.4. The molecule has 1 heterocycles. The first-order valence-corrected chi connectivity index (χ1v) is 10.8. The largest absolute Gasteiger partial charge is 0.310 e. The maximum absolute atomic E-state index is 12.8. The third-order valence-corrected chi connectivity index (χ3v) is 7.14. The Morgan fingerprint density at radius 2 is 2.05 bits per heavy atom. The first kappa shape index (κ1) is 19.0. The first-order chi connectivity index (χ1) is 9.80. The van der Waals surface area contributed by atoms with Gasteiger partial charge < -0.3 is 5.32 Å². The van der Waals surface area contributed by atoms with E-state index in [-0.39, 0.29) is 6.04 Å². The van der Waals surface area contributed by atoms with Crippen LogP contribution in [0.25, 0.3) is 0 Å².